The number of hydrogen-bond acceptors (Lipinski definition) is 3. The third kappa shape index (κ3) is 3.91. The number of thiocarbonyl (C=S) groups is 1. The molecule has 0 fully saturated rings. The summed E-state index contributed by atoms with van der Waals surface area (Å²) in [7, 11) is 0. The molecular weight excluding hydrogens is 397 g/mol. The van der Waals surface area contributed by atoms with Crippen LogP contribution in [0.2, 0.25) is 10.0 Å². The van der Waals surface area contributed by atoms with Crippen molar-refractivity contribution in [1.82, 2.24) is 4.98 Å². The van der Waals surface area contributed by atoms with Crippen molar-refractivity contribution in [2.75, 3.05) is 5.32 Å². The molecule has 0 atom stereocenters. The molecule has 0 saturated heterocycles. The molecule has 0 bridgehead atoms. The minimum Gasteiger partial charge on any atom is -0.389 e. The summed E-state index contributed by atoms with van der Waals surface area (Å²) in [6, 6.07) is 6.40. The lowest BCUT2D eigenvalue weighted by molar-refractivity contribution is 0.102. The number of carbonyl (C=O) groups excluding carboxylic acids is 1. The summed E-state index contributed by atoms with van der Waals surface area (Å²) < 4.78 is 0.717. The molecular formula is C13H8BrCl2N3OS. The highest BCUT2D eigenvalue weighted by Gasteiger charge is 2.13. The topological polar surface area (TPSA) is 68.0 Å². The molecule has 0 radical (unpaired) electrons. The number of aromatic nitrogens is 1. The maximum Gasteiger partial charge on any atom is 0.274 e. The molecule has 1 heterocycles. The van der Waals surface area contributed by atoms with Gasteiger partial charge in [0.2, 0.25) is 0 Å². The van der Waals surface area contributed by atoms with Gasteiger partial charge in [0.25, 0.3) is 5.91 Å². The fourth-order valence-electron chi connectivity index (χ4n) is 1.51. The van der Waals surface area contributed by atoms with Crippen LogP contribution in [0.4, 0.5) is 5.69 Å². The van der Waals surface area contributed by atoms with Crippen LogP contribution in [0.3, 0.4) is 0 Å². The van der Waals surface area contributed by atoms with Crippen LogP contribution in [-0.2, 0) is 0 Å². The smallest absolute Gasteiger partial charge is 0.274 e. The molecule has 4 nitrogen and oxygen atoms in total. The molecule has 2 rings (SSSR count). The van der Waals surface area contributed by atoms with Crippen LogP contribution in [0.5, 0.6) is 0 Å². The van der Waals surface area contributed by atoms with Crippen molar-refractivity contribution in [2.45, 2.75) is 0 Å². The van der Waals surface area contributed by atoms with E-state index in [1.807, 2.05) is 0 Å². The molecule has 0 spiro atoms. The highest BCUT2D eigenvalue weighted by Crippen LogP contribution is 2.33. The fraction of sp³-hybridized carbons (Fsp3) is 0. The van der Waals surface area contributed by atoms with E-state index in [4.69, 9.17) is 41.2 Å². The van der Waals surface area contributed by atoms with Gasteiger partial charge in [0, 0.05) is 16.2 Å². The minimum absolute atomic E-state index is 0.199. The third-order valence-corrected chi connectivity index (χ3v) is 3.82. The second-order valence-corrected chi connectivity index (χ2v) is 6.16. The van der Waals surface area contributed by atoms with Crippen molar-refractivity contribution in [3.63, 3.8) is 0 Å². The molecule has 1 aromatic heterocycles. The summed E-state index contributed by atoms with van der Waals surface area (Å²) in [4.78, 5) is 16.3. The van der Waals surface area contributed by atoms with E-state index in [1.54, 1.807) is 18.2 Å². The number of pyridine rings is 1. The number of hydrogen-bond donors (Lipinski definition) is 2. The van der Waals surface area contributed by atoms with E-state index < -0.39 is 5.91 Å². The van der Waals surface area contributed by atoms with E-state index >= 15 is 0 Å². The molecule has 0 aliphatic carbocycles. The zero-order chi connectivity index (χ0) is 15.6. The Labute approximate surface area is 144 Å². The molecule has 0 unspecified atom stereocenters. The Morgan fingerprint density at radius 3 is 2.38 bits per heavy atom. The Kier molecular flexibility index (Phi) is 5.16. The van der Waals surface area contributed by atoms with Gasteiger partial charge < -0.3 is 11.1 Å². The summed E-state index contributed by atoms with van der Waals surface area (Å²) in [6.45, 7) is 0. The Morgan fingerprint density at radius 1 is 1.29 bits per heavy atom. The zero-order valence-electron chi connectivity index (χ0n) is 10.4. The Balaban J connectivity index is 2.24. The van der Waals surface area contributed by atoms with Crippen molar-refractivity contribution in [2.24, 2.45) is 5.73 Å². The first-order valence-electron chi connectivity index (χ1n) is 5.60. The molecule has 8 heteroatoms. The van der Waals surface area contributed by atoms with E-state index in [-0.39, 0.29) is 10.7 Å². The standard InChI is InChI=1S/C13H8BrCl2N3OS/c14-7-3-8(15)11(9(16)4-7)19-13(20)10-2-1-6(5-18-10)12(17)21/h1-5H,(H2,17,21)(H,19,20). The highest BCUT2D eigenvalue weighted by atomic mass is 79.9. The van der Waals surface area contributed by atoms with Crippen molar-refractivity contribution < 1.29 is 4.79 Å². The highest BCUT2D eigenvalue weighted by molar-refractivity contribution is 9.10. The molecule has 1 amide bonds. The van der Waals surface area contributed by atoms with Gasteiger partial charge in [0.1, 0.15) is 10.7 Å². The number of benzene rings is 1. The number of nitrogens with zero attached hydrogens (tertiary/aromatic N) is 1. The summed E-state index contributed by atoms with van der Waals surface area (Å²) in [6.07, 6.45) is 1.43. The normalized spacial score (nSPS) is 10.2. The van der Waals surface area contributed by atoms with Crippen molar-refractivity contribution >= 4 is 67.9 Å². The number of rotatable bonds is 3. The van der Waals surface area contributed by atoms with Gasteiger partial charge in [-0.1, -0.05) is 51.3 Å². The molecule has 0 aliphatic heterocycles. The lowest BCUT2D eigenvalue weighted by Crippen LogP contribution is -2.16. The van der Waals surface area contributed by atoms with Gasteiger partial charge in [-0.3, -0.25) is 9.78 Å². The van der Waals surface area contributed by atoms with E-state index in [1.165, 1.54) is 12.3 Å². The number of nitrogens with one attached hydrogen (secondary N) is 1. The van der Waals surface area contributed by atoms with E-state index in [9.17, 15) is 4.79 Å². The Morgan fingerprint density at radius 2 is 1.90 bits per heavy atom. The molecule has 2 aromatic rings. The number of anilines is 1. The van der Waals surface area contributed by atoms with Crippen LogP contribution >= 0.6 is 51.3 Å². The summed E-state index contributed by atoms with van der Waals surface area (Å²) in [5, 5.41) is 3.26. The minimum atomic E-state index is -0.435. The lowest BCUT2D eigenvalue weighted by Gasteiger charge is -2.09. The first-order valence-corrected chi connectivity index (χ1v) is 7.56. The van der Waals surface area contributed by atoms with Gasteiger partial charge >= 0.3 is 0 Å². The van der Waals surface area contributed by atoms with E-state index in [0.717, 1.165) is 4.47 Å². The number of halogens is 3. The maximum absolute atomic E-state index is 12.1. The zero-order valence-corrected chi connectivity index (χ0v) is 14.3. The van der Waals surface area contributed by atoms with Gasteiger partial charge in [-0.2, -0.15) is 0 Å². The second-order valence-electron chi connectivity index (χ2n) is 3.99. The maximum atomic E-state index is 12.1. The van der Waals surface area contributed by atoms with Crippen molar-refractivity contribution in [1.29, 1.82) is 0 Å². The average molecular weight is 405 g/mol. The predicted molar refractivity (Wildman–Crippen MR) is 92.2 cm³/mol. The molecule has 21 heavy (non-hydrogen) atoms. The first-order chi connectivity index (χ1) is 9.88. The monoisotopic (exact) mass is 403 g/mol. The van der Waals surface area contributed by atoms with Crippen LogP contribution in [-0.4, -0.2) is 15.9 Å². The van der Waals surface area contributed by atoms with Crippen LogP contribution < -0.4 is 11.1 Å². The van der Waals surface area contributed by atoms with E-state index in [0.29, 0.717) is 21.3 Å². The number of amides is 1. The molecule has 3 N–H and O–H groups in total. The van der Waals surface area contributed by atoms with Crippen molar-refractivity contribution in [3.8, 4) is 0 Å². The first kappa shape index (κ1) is 16.2. The van der Waals surface area contributed by atoms with Gasteiger partial charge in [0.05, 0.1) is 15.7 Å². The van der Waals surface area contributed by atoms with Gasteiger partial charge in [-0.15, -0.1) is 0 Å². The predicted octanol–water partition coefficient (Wildman–Crippen LogP) is 4.04. The fourth-order valence-corrected chi connectivity index (χ4v) is 2.94. The second kappa shape index (κ2) is 6.70. The average Bonchev–Trinajstić information content (AvgIpc) is 2.42. The molecule has 108 valence electrons. The van der Waals surface area contributed by atoms with Crippen LogP contribution in [0.1, 0.15) is 16.1 Å². The van der Waals surface area contributed by atoms with Gasteiger partial charge in [-0.25, -0.2) is 0 Å². The number of carbonyl (C=O) groups is 1. The van der Waals surface area contributed by atoms with Gasteiger partial charge in [-0.05, 0) is 24.3 Å². The van der Waals surface area contributed by atoms with Gasteiger partial charge in [0.15, 0.2) is 0 Å². The van der Waals surface area contributed by atoms with Crippen LogP contribution in [0, 0.1) is 0 Å². The molecule has 0 saturated carbocycles. The Hall–Kier alpha value is -1.21. The van der Waals surface area contributed by atoms with Crippen LogP contribution in [0.15, 0.2) is 34.9 Å². The lowest BCUT2D eigenvalue weighted by atomic mass is 10.2. The summed E-state index contributed by atoms with van der Waals surface area (Å²) in [5.41, 5.74) is 6.58. The Bertz CT molecular complexity index is 699. The van der Waals surface area contributed by atoms with E-state index in [2.05, 4.69) is 26.2 Å². The SMILES string of the molecule is NC(=S)c1ccc(C(=O)Nc2c(Cl)cc(Br)cc2Cl)nc1. The summed E-state index contributed by atoms with van der Waals surface area (Å²) >= 11 is 20.2. The molecule has 1 aromatic carbocycles. The number of nitrogens with two attached hydrogens (primary N) is 1. The quantitative estimate of drug-likeness (QED) is 0.757. The largest absolute Gasteiger partial charge is 0.389 e. The summed E-state index contributed by atoms with van der Waals surface area (Å²) in [5.74, 6) is -0.435. The molecule has 0 aliphatic rings. The van der Waals surface area contributed by atoms with Crippen molar-refractivity contribution in [3.05, 3.63) is 56.2 Å². The third-order valence-electron chi connectivity index (χ3n) is 2.53. The van der Waals surface area contributed by atoms with Crippen LogP contribution in [0.25, 0.3) is 0 Å².